The Morgan fingerprint density at radius 1 is 1.16 bits per heavy atom. The molecule has 1 aromatic rings. The molecule has 0 saturated carbocycles. The summed E-state index contributed by atoms with van der Waals surface area (Å²) in [6, 6.07) is 6.90. The van der Waals surface area contributed by atoms with Crippen molar-refractivity contribution in [2.75, 3.05) is 12.0 Å². The second-order valence-corrected chi connectivity index (χ2v) is 4.90. The van der Waals surface area contributed by atoms with Crippen molar-refractivity contribution in [3.63, 3.8) is 0 Å². The predicted octanol–water partition coefficient (Wildman–Crippen LogP) is 2.56. The number of carbonyl (C=O) groups excluding carboxylic acids is 2. The molecule has 0 aliphatic rings. The van der Waals surface area contributed by atoms with Crippen LogP contribution in [-0.4, -0.2) is 23.6 Å². The fourth-order valence-electron chi connectivity index (χ4n) is 1.51. The number of Topliss-reactive ketones (excluding diaryl/α,β-unsaturated/α-hetero) is 2. The molecule has 1 rings (SSSR count). The van der Waals surface area contributed by atoms with Crippen LogP contribution in [-0.2, 0) is 11.8 Å². The Balaban J connectivity index is 0. The number of terminal acetylenes is 1. The summed E-state index contributed by atoms with van der Waals surface area (Å²) >= 11 is 1.23. The molecule has 0 bridgehead atoms. The van der Waals surface area contributed by atoms with E-state index in [1.54, 1.807) is 24.3 Å². The summed E-state index contributed by atoms with van der Waals surface area (Å²) in [7, 11) is 0. The van der Waals surface area contributed by atoms with Crippen molar-refractivity contribution >= 4 is 23.3 Å². The Labute approximate surface area is 119 Å². The molecule has 3 nitrogen and oxygen atoms in total. The molecule has 4 heteroatoms. The van der Waals surface area contributed by atoms with E-state index in [2.05, 4.69) is 12.8 Å². The number of benzene rings is 1. The molecule has 0 spiro atoms. The van der Waals surface area contributed by atoms with Crippen LogP contribution in [0.5, 0.6) is 0 Å². The fraction of sp³-hybridized carbons (Fsp3) is 0.333. The first-order chi connectivity index (χ1) is 8.56. The summed E-state index contributed by atoms with van der Waals surface area (Å²) < 4.78 is 0. The van der Waals surface area contributed by atoms with Crippen LogP contribution < -0.4 is 6.15 Å². The third-order valence-corrected chi connectivity index (χ3v) is 3.39. The lowest BCUT2D eigenvalue weighted by Crippen LogP contribution is -2.16. The highest BCUT2D eigenvalue weighted by Gasteiger charge is 2.17. The zero-order chi connectivity index (χ0) is 14.1. The van der Waals surface area contributed by atoms with Gasteiger partial charge < -0.3 is 6.15 Å². The molecule has 0 fully saturated rings. The monoisotopic (exact) mass is 280 g/mol. The van der Waals surface area contributed by atoms with E-state index in [1.807, 2.05) is 13.2 Å². The quantitative estimate of drug-likeness (QED) is 0.390. The maximum Gasteiger partial charge on any atom is 0.170 e. The van der Waals surface area contributed by atoms with Gasteiger partial charge in [0.05, 0.1) is 12.2 Å². The topological polar surface area (TPSA) is 69.1 Å². The minimum atomic E-state index is 0. The Bertz CT molecular complexity index is 424. The van der Waals surface area contributed by atoms with Crippen molar-refractivity contribution in [3.05, 3.63) is 35.4 Å². The smallest absolute Gasteiger partial charge is 0.170 e. The summed E-state index contributed by atoms with van der Waals surface area (Å²) in [4.78, 5) is 23.0. The number of hydrogen-bond acceptors (Lipinski definition) is 3. The summed E-state index contributed by atoms with van der Waals surface area (Å²) in [5.74, 6) is 1.12. The van der Waals surface area contributed by atoms with E-state index >= 15 is 0 Å². The minimum absolute atomic E-state index is 0. The van der Waals surface area contributed by atoms with Gasteiger partial charge in [0.1, 0.15) is 5.75 Å². The predicted molar refractivity (Wildman–Crippen MR) is 84.4 cm³/mol. The van der Waals surface area contributed by atoms with Gasteiger partial charge in [-0.25, -0.2) is 0 Å². The molecule has 104 valence electrons. The maximum atomic E-state index is 11.9. The Kier molecular flexibility index (Phi) is 10.8. The van der Waals surface area contributed by atoms with E-state index in [0.29, 0.717) is 11.1 Å². The molecule has 1 unspecified atom stereocenters. The van der Waals surface area contributed by atoms with E-state index in [4.69, 9.17) is 0 Å². The lowest BCUT2D eigenvalue weighted by Gasteiger charge is -2.06. The molecule has 0 amide bonds. The van der Waals surface area contributed by atoms with E-state index in [1.165, 1.54) is 18.7 Å². The number of rotatable bonds is 5. The zero-order valence-electron chi connectivity index (χ0n) is 11.7. The van der Waals surface area contributed by atoms with Crippen LogP contribution in [0.1, 0.15) is 34.6 Å². The lowest BCUT2D eigenvalue weighted by molar-refractivity contribution is 0.0940. The van der Waals surface area contributed by atoms with Crippen LogP contribution in [0.25, 0.3) is 0 Å². The zero-order valence-corrected chi connectivity index (χ0v) is 12.6. The van der Waals surface area contributed by atoms with E-state index in [-0.39, 0.29) is 23.6 Å². The van der Waals surface area contributed by atoms with Crippen molar-refractivity contribution in [2.24, 2.45) is 5.92 Å². The van der Waals surface area contributed by atoms with Gasteiger partial charge in [-0.05, 0) is 18.7 Å². The molecule has 3 N–H and O–H groups in total. The van der Waals surface area contributed by atoms with Crippen LogP contribution >= 0.6 is 0 Å². The molecule has 1 aromatic carbocycles. The van der Waals surface area contributed by atoms with Gasteiger partial charge in [0, 0.05) is 11.1 Å². The van der Waals surface area contributed by atoms with E-state index < -0.39 is 0 Å². The Hall–Kier alpha value is -1.57. The molecule has 19 heavy (non-hydrogen) atoms. The molecule has 0 aromatic heterocycles. The largest absolute Gasteiger partial charge is 0.344 e. The Morgan fingerprint density at radius 2 is 1.58 bits per heavy atom. The second kappa shape index (κ2) is 10.4. The van der Waals surface area contributed by atoms with Crippen molar-refractivity contribution in [3.8, 4) is 12.8 Å². The molecule has 0 saturated heterocycles. The lowest BCUT2D eigenvalue weighted by atomic mass is 9.99. The normalized spacial score (nSPS) is 10.4. The number of thiol groups is 1. The van der Waals surface area contributed by atoms with Gasteiger partial charge >= 0.3 is 0 Å². The van der Waals surface area contributed by atoms with Crippen LogP contribution in [0.4, 0.5) is 0 Å². The van der Waals surface area contributed by atoms with Crippen LogP contribution in [0.15, 0.2) is 24.3 Å². The highest BCUT2D eigenvalue weighted by atomic mass is 32.2. The molecule has 0 heterocycles. The van der Waals surface area contributed by atoms with Crippen LogP contribution in [0, 0.1) is 18.8 Å². The second-order valence-electron chi connectivity index (χ2n) is 3.90. The van der Waals surface area contributed by atoms with Crippen molar-refractivity contribution in [1.82, 2.24) is 6.15 Å². The van der Waals surface area contributed by atoms with E-state index in [0.717, 1.165) is 5.75 Å². The summed E-state index contributed by atoms with van der Waals surface area (Å²) in [5, 5.41) is 0. The standard InChI is InChI=1S/C13H16O2S.C2H2.H3N/c1-9(8-16-3)13(15)12-6-4-11(5-7-12)10(2)14;1-2;/h4-7,9H,8H2,1-3H3;1-2H;1H3/p+1. The van der Waals surface area contributed by atoms with Gasteiger partial charge in [-0.15, -0.1) is 12.8 Å². The average molecular weight is 280 g/mol. The van der Waals surface area contributed by atoms with Crippen LogP contribution in [0.2, 0.25) is 0 Å². The van der Waals surface area contributed by atoms with Crippen LogP contribution in [0.3, 0.4) is 0 Å². The summed E-state index contributed by atoms with van der Waals surface area (Å²) in [6.07, 6.45) is 10.0. The fourth-order valence-corrected chi connectivity index (χ4v) is 2.22. The van der Waals surface area contributed by atoms with Crippen molar-refractivity contribution in [1.29, 1.82) is 0 Å². The molecule has 0 radical (unpaired) electrons. The highest BCUT2D eigenvalue weighted by molar-refractivity contribution is 7.77. The first kappa shape index (κ1) is 19.8. The summed E-state index contributed by atoms with van der Waals surface area (Å²) in [6.45, 7) is 3.47. The number of hydrogen-bond donors (Lipinski definition) is 1. The van der Waals surface area contributed by atoms with Crippen molar-refractivity contribution in [2.45, 2.75) is 13.8 Å². The Morgan fingerprint density at radius 3 is 1.95 bits per heavy atom. The number of ketones is 2. The first-order valence-corrected chi connectivity index (χ1v) is 7.13. The molecular weight excluding hydrogens is 258 g/mol. The number of carbonyl (C=O) groups is 2. The van der Waals surface area contributed by atoms with Gasteiger partial charge in [0.2, 0.25) is 0 Å². The van der Waals surface area contributed by atoms with Crippen molar-refractivity contribution < 1.29 is 9.59 Å². The minimum Gasteiger partial charge on any atom is -0.344 e. The summed E-state index contributed by atoms with van der Waals surface area (Å²) in [5.41, 5.74) is 1.35. The third-order valence-electron chi connectivity index (χ3n) is 2.48. The van der Waals surface area contributed by atoms with Gasteiger partial charge in [-0.1, -0.05) is 31.2 Å². The van der Waals surface area contributed by atoms with Gasteiger partial charge in [0.25, 0.3) is 0 Å². The average Bonchev–Trinajstić information content (AvgIpc) is 2.40. The van der Waals surface area contributed by atoms with E-state index in [9.17, 15) is 9.59 Å². The molecular formula is C15H22NO2S+. The molecule has 1 atom stereocenters. The maximum absolute atomic E-state index is 11.9. The third kappa shape index (κ3) is 6.23. The molecule has 0 aliphatic carbocycles. The molecule has 0 aliphatic heterocycles. The highest BCUT2D eigenvalue weighted by Crippen LogP contribution is 2.11. The van der Waals surface area contributed by atoms with Gasteiger partial charge in [-0.2, -0.15) is 0 Å². The first-order valence-electron chi connectivity index (χ1n) is 5.60. The SMILES string of the molecule is C#C.C[SH+]CC(C)C(=O)c1ccc(C(C)=O)cc1.N. The van der Waals surface area contributed by atoms with Gasteiger partial charge in [-0.3, -0.25) is 9.59 Å². The van der Waals surface area contributed by atoms with Gasteiger partial charge in [0.15, 0.2) is 11.6 Å².